The van der Waals surface area contributed by atoms with Crippen LogP contribution in [-0.2, 0) is 6.54 Å². The summed E-state index contributed by atoms with van der Waals surface area (Å²) in [5.74, 6) is 0. The van der Waals surface area contributed by atoms with Crippen LogP contribution in [0.4, 0.5) is 0 Å². The van der Waals surface area contributed by atoms with Crippen LogP contribution in [0.1, 0.15) is 5.56 Å². The molecule has 2 rings (SSSR count). The summed E-state index contributed by atoms with van der Waals surface area (Å²) in [6.45, 7) is 0.327. The Morgan fingerprint density at radius 1 is 1.53 bits per heavy atom. The highest BCUT2D eigenvalue weighted by molar-refractivity contribution is 9.10. The molecule has 7 heteroatoms. The van der Waals surface area contributed by atoms with Crippen LogP contribution in [0, 0.1) is 0 Å². The number of hydrogen-bond acceptors (Lipinski definition) is 4. The van der Waals surface area contributed by atoms with Crippen LogP contribution < -0.4 is 11.4 Å². The third-order valence-electron chi connectivity index (χ3n) is 1.97. The molecule has 0 aliphatic carbocycles. The average molecular weight is 270 g/mol. The van der Waals surface area contributed by atoms with Gasteiger partial charge in [0.2, 0.25) is 0 Å². The van der Waals surface area contributed by atoms with E-state index in [9.17, 15) is 4.79 Å². The van der Waals surface area contributed by atoms with Crippen molar-refractivity contribution in [2.45, 2.75) is 6.54 Å². The van der Waals surface area contributed by atoms with Crippen molar-refractivity contribution < 1.29 is 0 Å². The Hall–Kier alpha value is -1.47. The summed E-state index contributed by atoms with van der Waals surface area (Å²) in [7, 11) is 0. The van der Waals surface area contributed by atoms with Crippen LogP contribution in [0.3, 0.4) is 0 Å². The van der Waals surface area contributed by atoms with E-state index >= 15 is 0 Å². The fourth-order valence-corrected chi connectivity index (χ4v) is 1.88. The molecule has 3 N–H and O–H groups in total. The fourth-order valence-electron chi connectivity index (χ4n) is 1.31. The van der Waals surface area contributed by atoms with Crippen molar-refractivity contribution in [3.05, 3.63) is 38.7 Å². The zero-order valence-corrected chi connectivity index (χ0v) is 9.23. The van der Waals surface area contributed by atoms with Crippen LogP contribution in [-0.4, -0.2) is 20.2 Å². The summed E-state index contributed by atoms with van der Waals surface area (Å²) in [6, 6.07) is 5.50. The van der Waals surface area contributed by atoms with Crippen molar-refractivity contribution in [2.24, 2.45) is 5.73 Å². The van der Waals surface area contributed by atoms with E-state index in [-0.39, 0.29) is 0 Å². The molecule has 0 unspecified atom stereocenters. The zero-order valence-electron chi connectivity index (χ0n) is 7.64. The molecule has 0 aliphatic rings. The van der Waals surface area contributed by atoms with Gasteiger partial charge in [-0.05, 0) is 38.0 Å². The number of tetrazole rings is 1. The number of rotatable bonds is 2. The van der Waals surface area contributed by atoms with Gasteiger partial charge in [0.25, 0.3) is 0 Å². The average Bonchev–Trinajstić information content (AvgIpc) is 2.64. The zero-order chi connectivity index (χ0) is 10.8. The number of halogens is 1. The molecule has 0 radical (unpaired) electrons. The summed E-state index contributed by atoms with van der Waals surface area (Å²) < 4.78 is 1.92. The first kappa shape index (κ1) is 10.1. The fraction of sp³-hybridized carbons (Fsp3) is 0.125. The predicted molar refractivity (Wildman–Crippen MR) is 57.6 cm³/mol. The summed E-state index contributed by atoms with van der Waals surface area (Å²) in [5.41, 5.74) is 6.63. The van der Waals surface area contributed by atoms with Gasteiger partial charge in [-0.15, -0.1) is 0 Å². The standard InChI is InChI=1S/C8H8BrN5O/c9-6-3-1-2-5(4-10)7(6)14-8(15)11-12-13-14/h1-3H,4,10H2,(H,11,13,15). The molecule has 0 saturated carbocycles. The van der Waals surface area contributed by atoms with Gasteiger partial charge in [0.05, 0.1) is 5.69 Å². The van der Waals surface area contributed by atoms with Crippen LogP contribution in [0.2, 0.25) is 0 Å². The maximum atomic E-state index is 11.4. The topological polar surface area (TPSA) is 89.6 Å². The lowest BCUT2D eigenvalue weighted by atomic mass is 10.2. The number of hydrogen-bond donors (Lipinski definition) is 2. The molecule has 0 spiro atoms. The van der Waals surface area contributed by atoms with Crippen LogP contribution >= 0.6 is 15.9 Å². The quantitative estimate of drug-likeness (QED) is 0.814. The number of nitrogens with one attached hydrogen (secondary N) is 1. The van der Waals surface area contributed by atoms with E-state index in [2.05, 4.69) is 31.5 Å². The molecule has 15 heavy (non-hydrogen) atoms. The Labute approximate surface area is 93.2 Å². The van der Waals surface area contributed by atoms with Crippen molar-refractivity contribution in [3.63, 3.8) is 0 Å². The SMILES string of the molecule is NCc1cccc(Br)c1-n1nn[nH]c1=O. The van der Waals surface area contributed by atoms with Crippen LogP contribution in [0.5, 0.6) is 0 Å². The number of aromatic amines is 1. The Bertz CT molecular complexity index is 532. The van der Waals surface area contributed by atoms with E-state index in [1.54, 1.807) is 0 Å². The minimum atomic E-state index is -0.392. The van der Waals surface area contributed by atoms with E-state index in [4.69, 9.17) is 5.73 Å². The molecule has 6 nitrogen and oxygen atoms in total. The highest BCUT2D eigenvalue weighted by Gasteiger charge is 2.11. The second-order valence-electron chi connectivity index (χ2n) is 2.87. The molecule has 2 aromatic rings. The third-order valence-corrected chi connectivity index (χ3v) is 2.61. The first-order chi connectivity index (χ1) is 7.24. The van der Waals surface area contributed by atoms with Gasteiger partial charge in [-0.1, -0.05) is 12.1 Å². The highest BCUT2D eigenvalue weighted by Crippen LogP contribution is 2.22. The molecule has 1 aromatic carbocycles. The van der Waals surface area contributed by atoms with Gasteiger partial charge >= 0.3 is 5.69 Å². The first-order valence-corrected chi connectivity index (χ1v) is 5.01. The smallest absolute Gasteiger partial charge is 0.326 e. The lowest BCUT2D eigenvalue weighted by molar-refractivity contribution is 0.767. The number of H-pyrrole nitrogens is 1. The summed E-state index contributed by atoms with van der Waals surface area (Å²) in [6.07, 6.45) is 0. The summed E-state index contributed by atoms with van der Waals surface area (Å²) in [4.78, 5) is 11.4. The van der Waals surface area contributed by atoms with Gasteiger partial charge in [0, 0.05) is 11.0 Å². The predicted octanol–water partition coefficient (Wildman–Crippen LogP) is 0.177. The Morgan fingerprint density at radius 2 is 2.33 bits per heavy atom. The first-order valence-electron chi connectivity index (χ1n) is 4.22. The maximum absolute atomic E-state index is 11.4. The molecule has 1 heterocycles. The maximum Gasteiger partial charge on any atom is 0.365 e. The molecule has 0 aliphatic heterocycles. The molecular formula is C8H8BrN5O. The van der Waals surface area contributed by atoms with Gasteiger partial charge in [0.15, 0.2) is 0 Å². The van der Waals surface area contributed by atoms with E-state index < -0.39 is 5.69 Å². The Morgan fingerprint density at radius 3 is 2.93 bits per heavy atom. The molecule has 1 aromatic heterocycles. The second-order valence-corrected chi connectivity index (χ2v) is 3.72. The van der Waals surface area contributed by atoms with Crippen molar-refractivity contribution in [1.82, 2.24) is 20.2 Å². The lowest BCUT2D eigenvalue weighted by Gasteiger charge is -2.07. The van der Waals surface area contributed by atoms with Crippen LogP contribution in [0.25, 0.3) is 5.69 Å². The Kier molecular flexibility index (Phi) is 2.65. The van der Waals surface area contributed by atoms with E-state index in [0.29, 0.717) is 12.2 Å². The highest BCUT2D eigenvalue weighted by atomic mass is 79.9. The van der Waals surface area contributed by atoms with Gasteiger partial charge < -0.3 is 5.73 Å². The lowest BCUT2D eigenvalue weighted by Crippen LogP contribution is -2.19. The number of para-hydroxylation sites is 1. The van der Waals surface area contributed by atoms with Gasteiger partial charge in [-0.3, -0.25) is 0 Å². The van der Waals surface area contributed by atoms with Gasteiger partial charge in [0.1, 0.15) is 0 Å². The van der Waals surface area contributed by atoms with Crippen molar-refractivity contribution in [1.29, 1.82) is 0 Å². The normalized spacial score (nSPS) is 10.5. The van der Waals surface area contributed by atoms with E-state index in [1.165, 1.54) is 4.68 Å². The molecular weight excluding hydrogens is 262 g/mol. The van der Waals surface area contributed by atoms with Crippen molar-refractivity contribution >= 4 is 15.9 Å². The second kappa shape index (κ2) is 3.95. The van der Waals surface area contributed by atoms with Crippen LogP contribution in [0.15, 0.2) is 27.5 Å². The van der Waals surface area contributed by atoms with E-state index in [0.717, 1.165) is 10.0 Å². The number of aromatic nitrogens is 4. The van der Waals surface area contributed by atoms with Gasteiger partial charge in [-0.25, -0.2) is 9.89 Å². The number of benzene rings is 1. The van der Waals surface area contributed by atoms with E-state index in [1.807, 2.05) is 18.2 Å². The molecule has 0 fully saturated rings. The monoisotopic (exact) mass is 269 g/mol. The Balaban J connectivity index is 2.71. The molecule has 0 amide bonds. The molecule has 0 saturated heterocycles. The summed E-state index contributed by atoms with van der Waals surface area (Å²) >= 11 is 3.35. The van der Waals surface area contributed by atoms with Crippen molar-refractivity contribution in [2.75, 3.05) is 0 Å². The summed E-state index contributed by atoms with van der Waals surface area (Å²) in [5, 5.41) is 9.33. The molecule has 0 bridgehead atoms. The number of nitrogens with zero attached hydrogens (tertiary/aromatic N) is 3. The molecule has 78 valence electrons. The minimum absolute atomic E-state index is 0.327. The number of nitrogens with two attached hydrogens (primary N) is 1. The third kappa shape index (κ3) is 1.71. The minimum Gasteiger partial charge on any atom is -0.326 e. The molecule has 0 atom stereocenters. The van der Waals surface area contributed by atoms with Gasteiger partial charge in [-0.2, -0.15) is 4.68 Å². The van der Waals surface area contributed by atoms with Crippen molar-refractivity contribution in [3.8, 4) is 5.69 Å². The largest absolute Gasteiger partial charge is 0.365 e.